The van der Waals surface area contributed by atoms with E-state index in [-0.39, 0.29) is 11.8 Å². The van der Waals surface area contributed by atoms with Crippen LogP contribution in [0.15, 0.2) is 0 Å². The Kier molecular flexibility index (Phi) is 8.66. The maximum Gasteiger partial charge on any atom is 0.328 e. The highest BCUT2D eigenvalue weighted by Gasteiger charge is 2.31. The number of carbonyl (C=O) groups is 3. The molecule has 22 heavy (non-hydrogen) atoms. The molecule has 0 aromatic rings. The van der Waals surface area contributed by atoms with E-state index in [0.717, 1.165) is 0 Å². The average Bonchev–Trinajstić information content (AvgIpc) is 2.47. The highest BCUT2D eigenvalue weighted by atomic mass is 16.4. The number of carbonyl (C=O) groups excluding carboxylic acids is 2. The van der Waals surface area contributed by atoms with Crippen LogP contribution in [0.4, 0.5) is 0 Å². The molecule has 0 spiro atoms. The number of aliphatic hydroxyl groups is 1. The van der Waals surface area contributed by atoms with Crippen LogP contribution in [-0.2, 0) is 14.4 Å². The summed E-state index contributed by atoms with van der Waals surface area (Å²) in [6, 6.07) is -3.07. The first-order chi connectivity index (χ1) is 10.1. The Morgan fingerprint density at radius 3 is 2.00 bits per heavy atom. The minimum Gasteiger partial charge on any atom is -0.480 e. The average molecular weight is 317 g/mol. The second-order valence-corrected chi connectivity index (χ2v) is 5.72. The van der Waals surface area contributed by atoms with Crippen LogP contribution in [0.2, 0.25) is 0 Å². The van der Waals surface area contributed by atoms with Crippen LogP contribution in [0.25, 0.3) is 0 Å². The van der Waals surface area contributed by atoms with Gasteiger partial charge in [-0.1, -0.05) is 34.1 Å². The van der Waals surface area contributed by atoms with E-state index in [1.165, 1.54) is 0 Å². The molecule has 0 radical (unpaired) electrons. The summed E-state index contributed by atoms with van der Waals surface area (Å²) in [4.78, 5) is 35.1. The second-order valence-electron chi connectivity index (χ2n) is 5.72. The van der Waals surface area contributed by atoms with Gasteiger partial charge in [0.15, 0.2) is 0 Å². The lowest BCUT2D eigenvalue weighted by Crippen LogP contribution is -2.57. The number of carboxylic acid groups (broad SMARTS) is 1. The molecule has 0 aromatic carbocycles. The van der Waals surface area contributed by atoms with E-state index in [1.54, 1.807) is 20.8 Å². The van der Waals surface area contributed by atoms with E-state index in [0.29, 0.717) is 6.42 Å². The topological polar surface area (TPSA) is 142 Å². The molecule has 8 heteroatoms. The van der Waals surface area contributed by atoms with E-state index in [1.807, 2.05) is 6.92 Å². The number of nitrogens with one attached hydrogen (secondary N) is 2. The van der Waals surface area contributed by atoms with Crippen molar-refractivity contribution in [2.24, 2.45) is 17.6 Å². The number of carboxylic acids is 1. The molecule has 0 fully saturated rings. The molecule has 0 saturated carbocycles. The summed E-state index contributed by atoms with van der Waals surface area (Å²) < 4.78 is 0. The summed E-state index contributed by atoms with van der Waals surface area (Å²) in [5.74, 6) is -2.77. The molecule has 8 nitrogen and oxygen atoms in total. The number of nitrogens with two attached hydrogens (primary N) is 1. The van der Waals surface area contributed by atoms with E-state index in [4.69, 9.17) is 15.9 Å². The SMILES string of the molecule is CC[C@H](C)[C@H](NC(=O)[C@@H](N)C(C)C)C(=O)N[C@@H](CO)C(=O)O. The maximum atomic E-state index is 12.2. The third-order valence-corrected chi connectivity index (χ3v) is 3.61. The first-order valence-corrected chi connectivity index (χ1v) is 7.35. The van der Waals surface area contributed by atoms with Crippen molar-refractivity contribution in [2.45, 2.75) is 52.2 Å². The van der Waals surface area contributed by atoms with Crippen molar-refractivity contribution in [1.82, 2.24) is 10.6 Å². The Morgan fingerprint density at radius 1 is 1.09 bits per heavy atom. The van der Waals surface area contributed by atoms with Crippen molar-refractivity contribution >= 4 is 17.8 Å². The first kappa shape index (κ1) is 20.3. The van der Waals surface area contributed by atoms with Crippen molar-refractivity contribution in [2.75, 3.05) is 6.61 Å². The number of amides is 2. The lowest BCUT2D eigenvalue weighted by Gasteiger charge is -2.27. The molecule has 0 aliphatic carbocycles. The fraction of sp³-hybridized carbons (Fsp3) is 0.786. The maximum absolute atomic E-state index is 12.2. The second kappa shape index (κ2) is 9.37. The Bertz CT molecular complexity index is 400. The van der Waals surface area contributed by atoms with Crippen molar-refractivity contribution in [3.63, 3.8) is 0 Å². The molecule has 2 amide bonds. The molecular formula is C14H27N3O5. The van der Waals surface area contributed by atoms with Crippen molar-refractivity contribution < 1.29 is 24.6 Å². The van der Waals surface area contributed by atoms with Crippen molar-refractivity contribution in [1.29, 1.82) is 0 Å². The number of aliphatic hydroxyl groups excluding tert-OH is 1. The van der Waals surface area contributed by atoms with E-state index >= 15 is 0 Å². The molecule has 0 unspecified atom stereocenters. The first-order valence-electron chi connectivity index (χ1n) is 7.35. The van der Waals surface area contributed by atoms with Crippen molar-refractivity contribution in [3.05, 3.63) is 0 Å². The molecule has 0 aromatic heterocycles. The normalized spacial score (nSPS) is 16.5. The third kappa shape index (κ3) is 5.98. The van der Waals surface area contributed by atoms with Gasteiger partial charge in [-0.15, -0.1) is 0 Å². The molecule has 0 bridgehead atoms. The molecular weight excluding hydrogens is 290 g/mol. The summed E-state index contributed by atoms with van der Waals surface area (Å²) in [5.41, 5.74) is 5.75. The Labute approximate surface area is 130 Å². The van der Waals surface area contributed by atoms with Gasteiger partial charge in [0.1, 0.15) is 12.1 Å². The van der Waals surface area contributed by atoms with Gasteiger partial charge in [-0.2, -0.15) is 0 Å². The molecule has 0 heterocycles. The zero-order valence-corrected chi connectivity index (χ0v) is 13.5. The van der Waals surface area contributed by atoms with E-state index in [9.17, 15) is 14.4 Å². The molecule has 0 saturated heterocycles. The lowest BCUT2D eigenvalue weighted by atomic mass is 9.96. The summed E-state index contributed by atoms with van der Waals surface area (Å²) in [6.07, 6.45) is 0.603. The van der Waals surface area contributed by atoms with Gasteiger partial charge < -0.3 is 26.6 Å². The quantitative estimate of drug-likeness (QED) is 0.372. The van der Waals surface area contributed by atoms with Crippen LogP contribution in [0, 0.1) is 11.8 Å². The van der Waals surface area contributed by atoms with Crippen LogP contribution in [0.5, 0.6) is 0 Å². The van der Waals surface area contributed by atoms with Gasteiger partial charge in [0.2, 0.25) is 11.8 Å². The standard InChI is InChI=1S/C14H27N3O5/c1-5-8(4)11(17-12(19)10(15)7(2)3)13(20)16-9(6-18)14(21)22/h7-11,18H,5-6,15H2,1-4H3,(H,16,20)(H,17,19)(H,21,22)/t8-,9-,10-,11-/m0/s1. The fourth-order valence-electron chi connectivity index (χ4n) is 1.70. The zero-order valence-electron chi connectivity index (χ0n) is 13.5. The van der Waals surface area contributed by atoms with Crippen molar-refractivity contribution in [3.8, 4) is 0 Å². The Morgan fingerprint density at radius 2 is 1.64 bits per heavy atom. The fourth-order valence-corrected chi connectivity index (χ4v) is 1.70. The number of hydrogen-bond acceptors (Lipinski definition) is 5. The van der Waals surface area contributed by atoms with Gasteiger partial charge in [0.05, 0.1) is 12.6 Å². The minimum atomic E-state index is -1.41. The van der Waals surface area contributed by atoms with Crippen LogP contribution in [0.1, 0.15) is 34.1 Å². The Balaban J connectivity index is 5.02. The van der Waals surface area contributed by atoms with Gasteiger partial charge in [0.25, 0.3) is 0 Å². The van der Waals surface area contributed by atoms with Gasteiger partial charge >= 0.3 is 5.97 Å². The summed E-state index contributed by atoms with van der Waals surface area (Å²) in [7, 11) is 0. The highest BCUT2D eigenvalue weighted by molar-refractivity contribution is 5.92. The monoisotopic (exact) mass is 317 g/mol. The van der Waals surface area contributed by atoms with E-state index < -0.39 is 42.5 Å². The van der Waals surface area contributed by atoms with Gasteiger partial charge in [-0.3, -0.25) is 9.59 Å². The zero-order chi connectivity index (χ0) is 17.4. The summed E-state index contributed by atoms with van der Waals surface area (Å²) >= 11 is 0. The summed E-state index contributed by atoms with van der Waals surface area (Å²) in [5, 5.41) is 22.6. The van der Waals surface area contributed by atoms with Crippen LogP contribution in [0.3, 0.4) is 0 Å². The molecule has 6 N–H and O–H groups in total. The smallest absolute Gasteiger partial charge is 0.328 e. The summed E-state index contributed by atoms with van der Waals surface area (Å²) in [6.45, 7) is 6.46. The molecule has 0 aliphatic heterocycles. The number of aliphatic carboxylic acids is 1. The molecule has 128 valence electrons. The van der Waals surface area contributed by atoms with Gasteiger partial charge in [0, 0.05) is 0 Å². The predicted molar refractivity (Wildman–Crippen MR) is 80.9 cm³/mol. The van der Waals surface area contributed by atoms with Gasteiger partial charge in [-0.25, -0.2) is 4.79 Å². The predicted octanol–water partition coefficient (Wildman–Crippen LogP) is -0.938. The largest absolute Gasteiger partial charge is 0.480 e. The molecule has 4 atom stereocenters. The third-order valence-electron chi connectivity index (χ3n) is 3.61. The molecule has 0 aliphatic rings. The van der Waals surface area contributed by atoms with E-state index in [2.05, 4.69) is 10.6 Å². The van der Waals surface area contributed by atoms with Crippen LogP contribution < -0.4 is 16.4 Å². The molecule has 0 rings (SSSR count). The van der Waals surface area contributed by atoms with Crippen LogP contribution >= 0.6 is 0 Å². The lowest BCUT2D eigenvalue weighted by molar-refractivity contribution is -0.143. The Hall–Kier alpha value is -1.67. The van der Waals surface area contributed by atoms with Gasteiger partial charge in [-0.05, 0) is 11.8 Å². The minimum absolute atomic E-state index is 0.0927. The number of rotatable bonds is 9. The number of hydrogen-bond donors (Lipinski definition) is 5. The highest BCUT2D eigenvalue weighted by Crippen LogP contribution is 2.09. The van der Waals surface area contributed by atoms with Crippen LogP contribution in [-0.4, -0.2) is 52.7 Å².